The lowest BCUT2D eigenvalue weighted by Crippen LogP contribution is -1.99. The van der Waals surface area contributed by atoms with Crippen LogP contribution in [-0.4, -0.2) is 13.0 Å². The molecule has 1 nitrogen and oxygen atoms in total. The molecule has 0 radical (unpaired) electrons. The van der Waals surface area contributed by atoms with E-state index in [1.165, 1.54) is 0 Å². The molecular weight excluding hydrogens is 254 g/mol. The maximum atomic E-state index is 6.04. The molecule has 0 aliphatic heterocycles. The molecule has 1 aromatic rings. The molecule has 0 bridgehead atoms. The number of hydrogen-bond donors (Lipinski definition) is 0. The van der Waals surface area contributed by atoms with Crippen molar-refractivity contribution in [1.82, 2.24) is 0 Å². The Labute approximate surface area is 105 Å². The highest BCUT2D eigenvalue weighted by atomic mass is 35.5. The summed E-state index contributed by atoms with van der Waals surface area (Å²) in [6.45, 7) is 2.08. The topological polar surface area (TPSA) is 9.23 Å². The first-order chi connectivity index (χ1) is 7.10. The van der Waals surface area contributed by atoms with E-state index in [4.69, 9.17) is 39.5 Å². The summed E-state index contributed by atoms with van der Waals surface area (Å²) in [4.78, 5) is 0. The standard InChI is InChI=1S/C11H13Cl3O/c1-7(3-4-12)9-5-8(13)6-10(14)11(9)15-2/h5-7H,3-4H2,1-2H3. The summed E-state index contributed by atoms with van der Waals surface area (Å²) in [5.74, 6) is 1.58. The average molecular weight is 268 g/mol. The van der Waals surface area contributed by atoms with Crippen molar-refractivity contribution in [2.24, 2.45) is 0 Å². The number of halogens is 3. The normalized spacial score (nSPS) is 12.6. The van der Waals surface area contributed by atoms with Crippen LogP contribution in [0, 0.1) is 0 Å². The molecule has 0 saturated carbocycles. The summed E-state index contributed by atoms with van der Waals surface area (Å²) in [6, 6.07) is 3.56. The summed E-state index contributed by atoms with van der Waals surface area (Å²) < 4.78 is 5.26. The summed E-state index contributed by atoms with van der Waals surface area (Å²) in [5, 5.41) is 1.17. The highest BCUT2D eigenvalue weighted by Crippen LogP contribution is 2.37. The first-order valence-corrected chi connectivity index (χ1v) is 5.98. The van der Waals surface area contributed by atoms with E-state index < -0.39 is 0 Å². The van der Waals surface area contributed by atoms with E-state index >= 15 is 0 Å². The highest BCUT2D eigenvalue weighted by Gasteiger charge is 2.15. The molecule has 0 aliphatic carbocycles. The smallest absolute Gasteiger partial charge is 0.141 e. The van der Waals surface area contributed by atoms with Crippen LogP contribution in [0.4, 0.5) is 0 Å². The van der Waals surface area contributed by atoms with Gasteiger partial charge in [-0.05, 0) is 30.0 Å². The first-order valence-electron chi connectivity index (χ1n) is 4.69. The Hall–Kier alpha value is -0.110. The number of alkyl halides is 1. The molecule has 15 heavy (non-hydrogen) atoms. The van der Waals surface area contributed by atoms with E-state index in [9.17, 15) is 0 Å². The molecule has 84 valence electrons. The Morgan fingerprint density at radius 1 is 1.33 bits per heavy atom. The van der Waals surface area contributed by atoms with Crippen molar-refractivity contribution >= 4 is 34.8 Å². The van der Waals surface area contributed by atoms with Crippen molar-refractivity contribution in [2.75, 3.05) is 13.0 Å². The number of hydrogen-bond acceptors (Lipinski definition) is 1. The van der Waals surface area contributed by atoms with Crippen LogP contribution >= 0.6 is 34.8 Å². The van der Waals surface area contributed by atoms with Gasteiger partial charge in [0.05, 0.1) is 12.1 Å². The maximum absolute atomic E-state index is 6.04. The summed E-state index contributed by atoms with van der Waals surface area (Å²) >= 11 is 17.7. The van der Waals surface area contributed by atoms with Gasteiger partial charge in [-0.3, -0.25) is 0 Å². The van der Waals surface area contributed by atoms with Crippen LogP contribution in [-0.2, 0) is 0 Å². The number of benzene rings is 1. The van der Waals surface area contributed by atoms with Crippen LogP contribution in [0.2, 0.25) is 10.0 Å². The Kier molecular flexibility index (Phi) is 5.04. The second-order valence-electron chi connectivity index (χ2n) is 3.39. The van der Waals surface area contributed by atoms with Gasteiger partial charge in [0.15, 0.2) is 0 Å². The molecule has 0 aliphatic rings. The summed E-state index contributed by atoms with van der Waals surface area (Å²) in [7, 11) is 1.60. The van der Waals surface area contributed by atoms with Crippen molar-refractivity contribution in [3.8, 4) is 5.75 Å². The van der Waals surface area contributed by atoms with Gasteiger partial charge in [-0.15, -0.1) is 11.6 Å². The molecule has 1 unspecified atom stereocenters. The molecule has 0 N–H and O–H groups in total. The molecular formula is C11H13Cl3O. The fourth-order valence-corrected chi connectivity index (χ4v) is 2.39. The minimum atomic E-state index is 0.286. The summed E-state index contributed by atoms with van der Waals surface area (Å²) in [5.41, 5.74) is 1.01. The summed E-state index contributed by atoms with van der Waals surface area (Å²) in [6.07, 6.45) is 0.870. The van der Waals surface area contributed by atoms with E-state index in [-0.39, 0.29) is 5.92 Å². The van der Waals surface area contributed by atoms with Crippen molar-refractivity contribution in [2.45, 2.75) is 19.3 Å². The second kappa shape index (κ2) is 5.83. The minimum Gasteiger partial charge on any atom is -0.495 e. The lowest BCUT2D eigenvalue weighted by atomic mass is 9.97. The molecule has 0 spiro atoms. The van der Waals surface area contributed by atoms with Crippen LogP contribution in [0.3, 0.4) is 0 Å². The molecule has 1 atom stereocenters. The first kappa shape index (κ1) is 13.0. The molecule has 0 saturated heterocycles. The van der Waals surface area contributed by atoms with E-state index in [1.807, 2.05) is 6.07 Å². The lowest BCUT2D eigenvalue weighted by Gasteiger charge is -2.16. The molecule has 1 rings (SSSR count). The zero-order valence-corrected chi connectivity index (χ0v) is 11.0. The third kappa shape index (κ3) is 3.17. The molecule has 0 aromatic heterocycles. The van der Waals surface area contributed by atoms with Crippen molar-refractivity contribution in [3.63, 3.8) is 0 Å². The Morgan fingerprint density at radius 2 is 2.00 bits per heavy atom. The molecule has 0 heterocycles. The fraction of sp³-hybridized carbons (Fsp3) is 0.455. The highest BCUT2D eigenvalue weighted by molar-refractivity contribution is 6.35. The van der Waals surface area contributed by atoms with Crippen LogP contribution in [0.1, 0.15) is 24.8 Å². The van der Waals surface area contributed by atoms with Crippen LogP contribution in [0.25, 0.3) is 0 Å². The maximum Gasteiger partial charge on any atom is 0.141 e. The second-order valence-corrected chi connectivity index (χ2v) is 4.61. The number of ether oxygens (including phenoxy) is 1. The minimum absolute atomic E-state index is 0.286. The van der Waals surface area contributed by atoms with Gasteiger partial charge in [-0.1, -0.05) is 30.1 Å². The largest absolute Gasteiger partial charge is 0.495 e. The lowest BCUT2D eigenvalue weighted by molar-refractivity contribution is 0.406. The van der Waals surface area contributed by atoms with E-state index in [0.717, 1.165) is 12.0 Å². The van der Waals surface area contributed by atoms with Gasteiger partial charge in [-0.2, -0.15) is 0 Å². The van der Waals surface area contributed by atoms with Gasteiger partial charge in [0.25, 0.3) is 0 Å². The van der Waals surface area contributed by atoms with Gasteiger partial charge in [0, 0.05) is 10.9 Å². The van der Waals surface area contributed by atoms with Crippen molar-refractivity contribution in [3.05, 3.63) is 27.7 Å². The predicted octanol–water partition coefficient (Wildman–Crippen LogP) is 4.73. The number of rotatable bonds is 4. The zero-order chi connectivity index (χ0) is 11.4. The average Bonchev–Trinajstić information content (AvgIpc) is 2.17. The SMILES string of the molecule is COc1c(Cl)cc(Cl)cc1C(C)CCCl. The Bertz CT molecular complexity index is 339. The van der Waals surface area contributed by atoms with Gasteiger partial charge in [-0.25, -0.2) is 0 Å². The van der Waals surface area contributed by atoms with E-state index in [1.54, 1.807) is 13.2 Å². The molecule has 0 amide bonds. The fourth-order valence-electron chi connectivity index (χ4n) is 1.48. The van der Waals surface area contributed by atoms with E-state index in [2.05, 4.69) is 6.92 Å². The van der Waals surface area contributed by atoms with Crippen LogP contribution in [0.15, 0.2) is 12.1 Å². The number of methoxy groups -OCH3 is 1. The monoisotopic (exact) mass is 266 g/mol. The van der Waals surface area contributed by atoms with Gasteiger partial charge >= 0.3 is 0 Å². The van der Waals surface area contributed by atoms with Crippen molar-refractivity contribution < 1.29 is 4.74 Å². The third-order valence-electron chi connectivity index (χ3n) is 2.31. The van der Waals surface area contributed by atoms with Gasteiger partial charge in [0.1, 0.15) is 5.75 Å². The van der Waals surface area contributed by atoms with Gasteiger partial charge in [0.2, 0.25) is 0 Å². The van der Waals surface area contributed by atoms with Gasteiger partial charge < -0.3 is 4.74 Å². The van der Waals surface area contributed by atoms with E-state index in [0.29, 0.717) is 21.7 Å². The predicted molar refractivity (Wildman–Crippen MR) is 66.8 cm³/mol. The van der Waals surface area contributed by atoms with Crippen molar-refractivity contribution in [1.29, 1.82) is 0 Å². The Balaban J connectivity index is 3.13. The zero-order valence-electron chi connectivity index (χ0n) is 8.69. The van der Waals surface area contributed by atoms with Crippen LogP contribution in [0.5, 0.6) is 5.75 Å². The Morgan fingerprint density at radius 3 is 2.53 bits per heavy atom. The molecule has 1 aromatic carbocycles. The quantitative estimate of drug-likeness (QED) is 0.716. The van der Waals surface area contributed by atoms with Crippen LogP contribution < -0.4 is 4.74 Å². The molecule has 0 fully saturated rings. The molecule has 4 heteroatoms. The third-order valence-corrected chi connectivity index (χ3v) is 3.03.